The van der Waals surface area contributed by atoms with Crippen LogP contribution in [0.4, 0.5) is 0 Å². The van der Waals surface area contributed by atoms with Crippen LogP contribution in [0.1, 0.15) is 12.0 Å². The van der Waals surface area contributed by atoms with Crippen molar-refractivity contribution in [1.29, 1.82) is 0 Å². The van der Waals surface area contributed by atoms with Crippen LogP contribution in [0.15, 0.2) is 24.5 Å². The molecule has 1 heterocycles. The van der Waals surface area contributed by atoms with Crippen molar-refractivity contribution in [3.05, 3.63) is 30.1 Å². The predicted molar refractivity (Wildman–Crippen MR) is 49.2 cm³/mol. The number of pyridine rings is 1. The molecule has 0 spiro atoms. The Labute approximate surface area is 77.5 Å². The molecule has 0 aliphatic rings. The molecule has 0 N–H and O–H groups in total. The van der Waals surface area contributed by atoms with E-state index in [0.29, 0.717) is 12.5 Å². The molecule has 0 atom stereocenters. The highest BCUT2D eigenvalue weighted by Crippen LogP contribution is 1.98. The number of rotatable bonds is 5. The first-order valence-corrected chi connectivity index (χ1v) is 4.49. The predicted octanol–water partition coefficient (Wildman–Crippen LogP) is 2.23. The second kappa shape index (κ2) is 5.98. The maximum Gasteiger partial charge on any atom is 0.0731 e. The van der Waals surface area contributed by atoms with E-state index in [-0.39, 0.29) is 0 Å². The summed E-state index contributed by atoms with van der Waals surface area (Å²) in [5, 5.41) is 0. The van der Waals surface area contributed by atoms with Gasteiger partial charge in [-0.3, -0.25) is 4.98 Å². The van der Waals surface area contributed by atoms with E-state index in [0.717, 1.165) is 18.6 Å². The number of hydrogen-bond donors (Lipinski definition) is 0. The van der Waals surface area contributed by atoms with Gasteiger partial charge in [0.2, 0.25) is 0 Å². The summed E-state index contributed by atoms with van der Waals surface area (Å²) in [6.07, 6.45) is 4.46. The highest BCUT2D eigenvalue weighted by Gasteiger charge is 1.91. The van der Waals surface area contributed by atoms with Gasteiger partial charge in [0, 0.05) is 24.9 Å². The Morgan fingerprint density at radius 1 is 1.50 bits per heavy atom. The Morgan fingerprint density at radius 3 is 3.08 bits per heavy atom. The fraction of sp³-hybridized carbons (Fsp3) is 0.444. The van der Waals surface area contributed by atoms with Gasteiger partial charge in [-0.25, -0.2) is 0 Å². The summed E-state index contributed by atoms with van der Waals surface area (Å²) in [5.41, 5.74) is 1.10. The molecule has 0 amide bonds. The third kappa shape index (κ3) is 3.69. The van der Waals surface area contributed by atoms with Crippen LogP contribution in [0.5, 0.6) is 0 Å². The molecule has 0 fully saturated rings. The first kappa shape index (κ1) is 9.49. The van der Waals surface area contributed by atoms with Crippen LogP contribution >= 0.6 is 11.6 Å². The molecule has 0 aliphatic heterocycles. The maximum absolute atomic E-state index is 5.49. The topological polar surface area (TPSA) is 22.1 Å². The molecule has 0 unspecified atom stereocenters. The van der Waals surface area contributed by atoms with E-state index < -0.39 is 0 Å². The van der Waals surface area contributed by atoms with Crippen molar-refractivity contribution >= 4 is 11.6 Å². The van der Waals surface area contributed by atoms with E-state index in [9.17, 15) is 0 Å². The largest absolute Gasteiger partial charge is 0.377 e. The Morgan fingerprint density at radius 2 is 2.42 bits per heavy atom. The quantitative estimate of drug-likeness (QED) is 0.519. The van der Waals surface area contributed by atoms with Gasteiger partial charge < -0.3 is 4.74 Å². The van der Waals surface area contributed by atoms with E-state index in [1.807, 2.05) is 12.1 Å². The van der Waals surface area contributed by atoms with Crippen molar-refractivity contribution in [2.24, 2.45) is 0 Å². The monoisotopic (exact) mass is 185 g/mol. The molecule has 0 saturated carbocycles. The average molecular weight is 186 g/mol. The minimum Gasteiger partial charge on any atom is -0.377 e. The Balaban J connectivity index is 2.16. The van der Waals surface area contributed by atoms with Crippen molar-refractivity contribution in [2.75, 3.05) is 12.5 Å². The number of aromatic nitrogens is 1. The van der Waals surface area contributed by atoms with Gasteiger partial charge in [0.25, 0.3) is 0 Å². The van der Waals surface area contributed by atoms with E-state index in [1.165, 1.54) is 0 Å². The lowest BCUT2D eigenvalue weighted by molar-refractivity contribution is 0.122. The summed E-state index contributed by atoms with van der Waals surface area (Å²) >= 11 is 5.49. The third-order valence-corrected chi connectivity index (χ3v) is 1.68. The normalized spacial score (nSPS) is 10.1. The second-order valence-electron chi connectivity index (χ2n) is 2.46. The molecule has 1 aromatic rings. The van der Waals surface area contributed by atoms with E-state index >= 15 is 0 Å². The lowest BCUT2D eigenvalue weighted by atomic mass is 10.3. The highest BCUT2D eigenvalue weighted by atomic mass is 35.5. The molecule has 3 heteroatoms. The minimum absolute atomic E-state index is 0.630. The summed E-state index contributed by atoms with van der Waals surface area (Å²) in [6.45, 7) is 1.35. The van der Waals surface area contributed by atoms with Crippen molar-refractivity contribution < 1.29 is 4.74 Å². The SMILES string of the molecule is ClCCCOCc1cccnc1. The smallest absolute Gasteiger partial charge is 0.0731 e. The van der Waals surface area contributed by atoms with Crippen molar-refractivity contribution in [2.45, 2.75) is 13.0 Å². The van der Waals surface area contributed by atoms with Gasteiger partial charge >= 0.3 is 0 Å². The summed E-state index contributed by atoms with van der Waals surface area (Å²) < 4.78 is 5.34. The second-order valence-corrected chi connectivity index (χ2v) is 2.83. The third-order valence-electron chi connectivity index (χ3n) is 1.41. The zero-order valence-corrected chi connectivity index (χ0v) is 7.63. The van der Waals surface area contributed by atoms with Gasteiger partial charge in [-0.05, 0) is 18.1 Å². The van der Waals surface area contributed by atoms with Crippen LogP contribution < -0.4 is 0 Å². The van der Waals surface area contributed by atoms with Crippen molar-refractivity contribution in [1.82, 2.24) is 4.98 Å². The lowest BCUT2D eigenvalue weighted by Gasteiger charge is -2.01. The maximum atomic E-state index is 5.49. The molecule has 0 saturated heterocycles. The molecule has 0 aromatic carbocycles. The average Bonchev–Trinajstić information content (AvgIpc) is 2.14. The zero-order chi connectivity index (χ0) is 8.65. The summed E-state index contributed by atoms with van der Waals surface area (Å²) in [5.74, 6) is 0.660. The van der Waals surface area contributed by atoms with Crippen LogP contribution in [0.2, 0.25) is 0 Å². The van der Waals surface area contributed by atoms with E-state index in [2.05, 4.69) is 4.98 Å². The molecule has 0 radical (unpaired) electrons. The molecule has 66 valence electrons. The summed E-state index contributed by atoms with van der Waals surface area (Å²) in [6, 6.07) is 3.90. The van der Waals surface area contributed by atoms with E-state index in [4.69, 9.17) is 16.3 Å². The highest BCUT2D eigenvalue weighted by molar-refractivity contribution is 6.17. The molecule has 12 heavy (non-hydrogen) atoms. The van der Waals surface area contributed by atoms with Crippen LogP contribution in [0.25, 0.3) is 0 Å². The number of halogens is 1. The molecule has 1 aromatic heterocycles. The Hall–Kier alpha value is -0.600. The Kier molecular flexibility index (Phi) is 4.73. The van der Waals surface area contributed by atoms with Crippen molar-refractivity contribution in [3.63, 3.8) is 0 Å². The zero-order valence-electron chi connectivity index (χ0n) is 6.87. The van der Waals surface area contributed by atoms with Gasteiger partial charge in [-0.15, -0.1) is 11.6 Å². The Bertz CT molecular complexity index is 203. The van der Waals surface area contributed by atoms with Gasteiger partial charge in [0.1, 0.15) is 0 Å². The lowest BCUT2D eigenvalue weighted by Crippen LogP contribution is -1.96. The molecular formula is C9H12ClNO. The van der Waals surface area contributed by atoms with Crippen LogP contribution in [-0.2, 0) is 11.3 Å². The molecular weight excluding hydrogens is 174 g/mol. The van der Waals surface area contributed by atoms with Gasteiger partial charge in [0.15, 0.2) is 0 Å². The fourth-order valence-corrected chi connectivity index (χ4v) is 0.939. The molecule has 2 nitrogen and oxygen atoms in total. The van der Waals surface area contributed by atoms with E-state index in [1.54, 1.807) is 12.4 Å². The van der Waals surface area contributed by atoms with Crippen molar-refractivity contribution in [3.8, 4) is 0 Å². The van der Waals surface area contributed by atoms with Gasteiger partial charge in [0.05, 0.1) is 6.61 Å². The number of ether oxygens (including phenoxy) is 1. The number of alkyl halides is 1. The van der Waals surface area contributed by atoms with Crippen LogP contribution in [0.3, 0.4) is 0 Å². The first-order chi connectivity index (χ1) is 5.93. The number of hydrogen-bond acceptors (Lipinski definition) is 2. The molecule has 1 rings (SSSR count). The molecule has 0 aliphatic carbocycles. The van der Waals surface area contributed by atoms with Gasteiger partial charge in [-0.2, -0.15) is 0 Å². The van der Waals surface area contributed by atoms with Gasteiger partial charge in [-0.1, -0.05) is 6.07 Å². The standard InChI is InChI=1S/C9H12ClNO/c10-4-2-6-12-8-9-3-1-5-11-7-9/h1,3,5,7H,2,4,6,8H2. The van der Waals surface area contributed by atoms with Crippen LogP contribution in [0, 0.1) is 0 Å². The molecule has 0 bridgehead atoms. The summed E-state index contributed by atoms with van der Waals surface area (Å²) in [4.78, 5) is 3.98. The fourth-order valence-electron chi connectivity index (χ4n) is 0.830. The first-order valence-electron chi connectivity index (χ1n) is 3.96. The minimum atomic E-state index is 0.630. The van der Waals surface area contributed by atoms with Crippen LogP contribution in [-0.4, -0.2) is 17.5 Å². The number of nitrogens with zero attached hydrogens (tertiary/aromatic N) is 1. The summed E-state index contributed by atoms with van der Waals surface area (Å²) in [7, 11) is 0.